The molecule has 1 rings (SSSR count). The minimum absolute atomic E-state index is 0.0771. The highest BCUT2D eigenvalue weighted by atomic mass is 16.5. The second-order valence-electron chi connectivity index (χ2n) is 5.02. The van der Waals surface area contributed by atoms with Gasteiger partial charge in [0.2, 0.25) is 0 Å². The van der Waals surface area contributed by atoms with Gasteiger partial charge < -0.3 is 4.74 Å². The van der Waals surface area contributed by atoms with Crippen molar-refractivity contribution in [3.05, 3.63) is 59.7 Å². The number of esters is 1. The maximum absolute atomic E-state index is 11.8. The summed E-state index contributed by atoms with van der Waals surface area (Å²) in [7, 11) is 0. The highest BCUT2D eigenvalue weighted by molar-refractivity contribution is 5.72. The molecule has 2 heteroatoms. The zero-order valence-electron chi connectivity index (χ0n) is 12.6. The van der Waals surface area contributed by atoms with Crippen molar-refractivity contribution in [2.24, 2.45) is 0 Å². The van der Waals surface area contributed by atoms with Gasteiger partial charge >= 0.3 is 5.97 Å². The molecular weight excluding hydrogens is 248 g/mol. The van der Waals surface area contributed by atoms with Crippen LogP contribution in [0.25, 0.3) is 0 Å². The summed E-state index contributed by atoms with van der Waals surface area (Å²) >= 11 is 0. The van der Waals surface area contributed by atoms with Crippen LogP contribution in [-0.4, -0.2) is 12.1 Å². The Morgan fingerprint density at radius 1 is 1.30 bits per heavy atom. The first-order valence-electron chi connectivity index (χ1n) is 7.12. The molecule has 0 radical (unpaired) electrons. The van der Waals surface area contributed by atoms with E-state index in [2.05, 4.69) is 19.1 Å². The van der Waals surface area contributed by atoms with Crippen LogP contribution in [-0.2, 0) is 16.0 Å². The largest absolute Gasteiger partial charge is 0.462 e. The summed E-state index contributed by atoms with van der Waals surface area (Å²) in [6.07, 6.45) is 8.29. The minimum Gasteiger partial charge on any atom is -0.462 e. The van der Waals surface area contributed by atoms with Crippen LogP contribution in [0.5, 0.6) is 0 Å². The first kappa shape index (κ1) is 16.2. The number of carbonyl (C=O) groups excluding carboxylic acids is 1. The van der Waals surface area contributed by atoms with E-state index < -0.39 is 0 Å². The maximum atomic E-state index is 11.8. The van der Waals surface area contributed by atoms with Crippen LogP contribution in [0.3, 0.4) is 0 Å². The molecule has 0 fully saturated rings. The molecule has 1 aromatic carbocycles. The van der Waals surface area contributed by atoms with Crippen LogP contribution in [0.2, 0.25) is 0 Å². The average molecular weight is 272 g/mol. The molecule has 0 aliphatic heterocycles. The van der Waals surface area contributed by atoms with Gasteiger partial charge in [-0.15, -0.1) is 0 Å². The molecule has 1 unspecified atom stereocenters. The van der Waals surface area contributed by atoms with Gasteiger partial charge in [-0.1, -0.05) is 54.1 Å². The highest BCUT2D eigenvalue weighted by Gasteiger charge is 2.09. The number of carbonyl (C=O) groups is 1. The van der Waals surface area contributed by atoms with Gasteiger partial charge in [-0.2, -0.15) is 0 Å². The van der Waals surface area contributed by atoms with E-state index in [9.17, 15) is 4.79 Å². The molecule has 0 amide bonds. The van der Waals surface area contributed by atoms with Crippen LogP contribution in [0, 0.1) is 0 Å². The van der Waals surface area contributed by atoms with Crippen LogP contribution in [0.15, 0.2) is 54.1 Å². The summed E-state index contributed by atoms with van der Waals surface area (Å²) < 4.78 is 5.41. The smallest absolute Gasteiger partial charge is 0.310 e. The van der Waals surface area contributed by atoms with Gasteiger partial charge in [0.25, 0.3) is 0 Å². The van der Waals surface area contributed by atoms with Crippen LogP contribution < -0.4 is 0 Å². The monoisotopic (exact) mass is 272 g/mol. The highest BCUT2D eigenvalue weighted by Crippen LogP contribution is 2.08. The lowest BCUT2D eigenvalue weighted by atomic mass is 10.1. The van der Waals surface area contributed by atoms with Crippen LogP contribution in [0.1, 0.15) is 39.2 Å². The van der Waals surface area contributed by atoms with Gasteiger partial charge in [0.05, 0.1) is 6.42 Å². The number of hydrogen-bond donors (Lipinski definition) is 0. The molecule has 0 aromatic heterocycles. The number of hydrogen-bond acceptors (Lipinski definition) is 2. The lowest BCUT2D eigenvalue weighted by Gasteiger charge is -2.11. The van der Waals surface area contributed by atoms with Gasteiger partial charge in [0.15, 0.2) is 0 Å². The van der Waals surface area contributed by atoms with Gasteiger partial charge in [-0.05, 0) is 32.8 Å². The minimum atomic E-state index is -0.164. The standard InChI is InChI=1S/C18H24O2/c1-4-5-9-15(2)12-13-16(3)20-18(19)14-17-10-7-6-8-11-17/h4-8,10-12,16H,9,13-14H2,1-3H3/b5-4+,15-12+. The summed E-state index contributed by atoms with van der Waals surface area (Å²) in [5, 5.41) is 0. The summed E-state index contributed by atoms with van der Waals surface area (Å²) in [4.78, 5) is 11.8. The Bertz CT molecular complexity index is 458. The molecule has 0 N–H and O–H groups in total. The third kappa shape index (κ3) is 6.93. The molecule has 1 aromatic rings. The zero-order chi connectivity index (χ0) is 14.8. The lowest BCUT2D eigenvalue weighted by Crippen LogP contribution is -2.16. The summed E-state index contributed by atoms with van der Waals surface area (Å²) in [6.45, 7) is 6.04. The van der Waals surface area contributed by atoms with Gasteiger partial charge in [-0.3, -0.25) is 4.79 Å². The van der Waals surface area contributed by atoms with E-state index in [1.54, 1.807) is 0 Å². The van der Waals surface area contributed by atoms with E-state index in [4.69, 9.17) is 4.74 Å². The van der Waals surface area contributed by atoms with Crippen molar-refractivity contribution in [3.63, 3.8) is 0 Å². The van der Waals surface area contributed by atoms with Gasteiger partial charge in [-0.25, -0.2) is 0 Å². The fourth-order valence-corrected chi connectivity index (χ4v) is 1.83. The second kappa shape index (κ2) is 9.13. The summed E-state index contributed by atoms with van der Waals surface area (Å²) in [5.74, 6) is -0.164. The van der Waals surface area contributed by atoms with Crippen molar-refractivity contribution in [2.75, 3.05) is 0 Å². The third-order valence-electron chi connectivity index (χ3n) is 3.00. The molecule has 0 saturated heterocycles. The maximum Gasteiger partial charge on any atom is 0.310 e. The van der Waals surface area contributed by atoms with Gasteiger partial charge in [0, 0.05) is 6.42 Å². The normalized spacial score (nSPS) is 13.4. The molecule has 1 atom stereocenters. The fourth-order valence-electron chi connectivity index (χ4n) is 1.83. The number of benzene rings is 1. The van der Waals surface area contributed by atoms with Crippen molar-refractivity contribution in [1.29, 1.82) is 0 Å². The molecule has 2 nitrogen and oxygen atoms in total. The number of allylic oxidation sites excluding steroid dienone is 3. The molecule has 20 heavy (non-hydrogen) atoms. The fraction of sp³-hybridized carbons (Fsp3) is 0.389. The Labute approximate surface area is 122 Å². The predicted octanol–water partition coefficient (Wildman–Crippen LogP) is 4.46. The van der Waals surface area contributed by atoms with Gasteiger partial charge in [0.1, 0.15) is 6.10 Å². The van der Waals surface area contributed by atoms with E-state index in [0.717, 1.165) is 18.4 Å². The predicted molar refractivity (Wildman–Crippen MR) is 83.5 cm³/mol. The van der Waals surface area contributed by atoms with E-state index >= 15 is 0 Å². The van der Waals surface area contributed by atoms with Crippen LogP contribution in [0.4, 0.5) is 0 Å². The Kier molecular flexibility index (Phi) is 7.41. The first-order chi connectivity index (χ1) is 9.61. The van der Waals surface area contributed by atoms with E-state index in [-0.39, 0.29) is 12.1 Å². The van der Waals surface area contributed by atoms with Crippen LogP contribution >= 0.6 is 0 Å². The van der Waals surface area contributed by atoms with E-state index in [1.165, 1.54) is 5.57 Å². The van der Waals surface area contributed by atoms with Crippen molar-refractivity contribution >= 4 is 5.97 Å². The Morgan fingerprint density at radius 3 is 2.65 bits per heavy atom. The molecule has 108 valence electrons. The quantitative estimate of drug-likeness (QED) is 0.541. The Balaban J connectivity index is 2.34. The summed E-state index contributed by atoms with van der Waals surface area (Å²) in [5.41, 5.74) is 2.29. The summed E-state index contributed by atoms with van der Waals surface area (Å²) in [6, 6.07) is 9.68. The SMILES string of the molecule is C/C=C/C/C(C)=C/CC(C)OC(=O)Cc1ccccc1. The molecule has 0 heterocycles. The third-order valence-corrected chi connectivity index (χ3v) is 3.00. The first-order valence-corrected chi connectivity index (χ1v) is 7.12. The number of rotatable bonds is 7. The second-order valence-corrected chi connectivity index (χ2v) is 5.02. The lowest BCUT2D eigenvalue weighted by molar-refractivity contribution is -0.147. The topological polar surface area (TPSA) is 26.3 Å². The molecule has 0 aliphatic rings. The number of ether oxygens (including phenoxy) is 1. The van der Waals surface area contributed by atoms with E-state index in [0.29, 0.717) is 6.42 Å². The zero-order valence-corrected chi connectivity index (χ0v) is 12.6. The molecule has 0 saturated carbocycles. The molecular formula is C18H24O2. The van der Waals surface area contributed by atoms with Crippen molar-refractivity contribution in [1.82, 2.24) is 0 Å². The molecule has 0 aliphatic carbocycles. The molecule has 0 spiro atoms. The molecule has 0 bridgehead atoms. The van der Waals surface area contributed by atoms with E-state index in [1.807, 2.05) is 50.3 Å². The van der Waals surface area contributed by atoms with Crippen molar-refractivity contribution in [2.45, 2.75) is 46.1 Å². The average Bonchev–Trinajstić information content (AvgIpc) is 2.43. The van der Waals surface area contributed by atoms with Crippen molar-refractivity contribution in [3.8, 4) is 0 Å². The van der Waals surface area contributed by atoms with Crippen molar-refractivity contribution < 1.29 is 9.53 Å². The Morgan fingerprint density at radius 2 is 2.00 bits per heavy atom. The Hall–Kier alpha value is -1.83.